The molecule has 94 valence electrons. The number of pyridine rings is 1. The molecule has 0 atom stereocenters. The molecule has 0 bridgehead atoms. The number of carbonyl (C=O) groups is 1. The van der Waals surface area contributed by atoms with Crippen LogP contribution in [0.2, 0.25) is 0 Å². The Balaban J connectivity index is 3.02. The number of carboxylic acid groups (broad SMARTS) is 1. The van der Waals surface area contributed by atoms with Crippen LogP contribution in [0.5, 0.6) is 0 Å². The number of aromatic nitrogens is 1. The lowest BCUT2D eigenvalue weighted by atomic mass is 10.1. The van der Waals surface area contributed by atoms with Crippen molar-refractivity contribution >= 4 is 11.8 Å². The summed E-state index contributed by atoms with van der Waals surface area (Å²) in [5.74, 6) is -0.735. The maximum Gasteiger partial charge on any atom is 0.335 e. The molecule has 1 rings (SSSR count). The van der Waals surface area contributed by atoms with E-state index >= 15 is 0 Å². The zero-order chi connectivity index (χ0) is 13.1. The lowest BCUT2D eigenvalue weighted by Crippen LogP contribution is -2.42. The molecule has 0 saturated carbocycles. The number of nitrogens with one attached hydrogen (secondary N) is 1. The zero-order valence-corrected chi connectivity index (χ0v) is 9.77. The van der Waals surface area contributed by atoms with Crippen molar-refractivity contribution in [3.05, 3.63) is 23.4 Å². The summed E-state index contributed by atoms with van der Waals surface area (Å²) < 4.78 is 0. The van der Waals surface area contributed by atoms with E-state index in [1.165, 1.54) is 12.1 Å². The highest BCUT2D eigenvalue weighted by Crippen LogP contribution is 2.15. The molecule has 0 aromatic carbocycles. The van der Waals surface area contributed by atoms with Gasteiger partial charge in [-0.25, -0.2) is 9.78 Å². The number of nitrogens with zero attached hydrogens (tertiary/aromatic N) is 1. The van der Waals surface area contributed by atoms with Crippen molar-refractivity contribution in [1.82, 2.24) is 4.98 Å². The zero-order valence-electron chi connectivity index (χ0n) is 9.77. The lowest BCUT2D eigenvalue weighted by molar-refractivity contribution is 0.0696. The van der Waals surface area contributed by atoms with Gasteiger partial charge >= 0.3 is 5.97 Å². The highest BCUT2D eigenvalue weighted by atomic mass is 16.4. The average Bonchev–Trinajstić information content (AvgIpc) is 2.28. The van der Waals surface area contributed by atoms with Gasteiger partial charge in [-0.05, 0) is 26.0 Å². The number of aliphatic hydroxyl groups is 2. The third-order valence-electron chi connectivity index (χ3n) is 2.33. The summed E-state index contributed by atoms with van der Waals surface area (Å²) in [5.41, 5.74) is -0.278. The van der Waals surface area contributed by atoms with Crippen LogP contribution in [0.25, 0.3) is 0 Å². The second-order valence-corrected chi connectivity index (χ2v) is 4.19. The fourth-order valence-electron chi connectivity index (χ4n) is 1.29. The summed E-state index contributed by atoms with van der Waals surface area (Å²) in [4.78, 5) is 15.0. The number of hydrogen-bond acceptors (Lipinski definition) is 5. The predicted molar refractivity (Wildman–Crippen MR) is 62.1 cm³/mol. The van der Waals surface area contributed by atoms with Crippen LogP contribution in [0.3, 0.4) is 0 Å². The van der Waals surface area contributed by atoms with E-state index in [9.17, 15) is 4.79 Å². The summed E-state index contributed by atoms with van der Waals surface area (Å²) in [6.45, 7) is 2.70. The first-order valence-corrected chi connectivity index (χ1v) is 5.12. The molecule has 0 aliphatic rings. The van der Waals surface area contributed by atoms with E-state index in [1.807, 2.05) is 0 Å². The number of aryl methyl sites for hydroxylation is 1. The molecular weight excluding hydrogens is 224 g/mol. The first kappa shape index (κ1) is 13.4. The van der Waals surface area contributed by atoms with E-state index in [0.717, 1.165) is 0 Å². The second kappa shape index (κ2) is 5.11. The van der Waals surface area contributed by atoms with Crippen molar-refractivity contribution in [2.24, 2.45) is 0 Å². The van der Waals surface area contributed by atoms with Crippen molar-refractivity contribution in [2.75, 3.05) is 18.5 Å². The van der Waals surface area contributed by atoms with E-state index in [4.69, 9.17) is 15.3 Å². The molecule has 0 fully saturated rings. The van der Waals surface area contributed by atoms with E-state index in [2.05, 4.69) is 10.3 Å². The third-order valence-corrected chi connectivity index (χ3v) is 2.33. The van der Waals surface area contributed by atoms with Gasteiger partial charge in [0.25, 0.3) is 0 Å². The Morgan fingerprint density at radius 1 is 1.41 bits per heavy atom. The first-order valence-electron chi connectivity index (χ1n) is 5.12. The van der Waals surface area contributed by atoms with Crippen LogP contribution in [0.1, 0.15) is 23.0 Å². The minimum atomic E-state index is -1.05. The average molecular weight is 240 g/mol. The molecule has 17 heavy (non-hydrogen) atoms. The molecule has 0 aliphatic heterocycles. The molecule has 0 aliphatic carbocycles. The van der Waals surface area contributed by atoms with Gasteiger partial charge in [-0.1, -0.05) is 0 Å². The molecule has 0 radical (unpaired) electrons. The number of carboxylic acids is 1. The van der Waals surface area contributed by atoms with Crippen molar-refractivity contribution < 1.29 is 20.1 Å². The van der Waals surface area contributed by atoms with Crippen molar-refractivity contribution in [3.63, 3.8) is 0 Å². The van der Waals surface area contributed by atoms with Gasteiger partial charge in [0.15, 0.2) is 0 Å². The fourth-order valence-corrected chi connectivity index (χ4v) is 1.29. The highest BCUT2D eigenvalue weighted by molar-refractivity contribution is 5.88. The van der Waals surface area contributed by atoms with Crippen molar-refractivity contribution in [2.45, 2.75) is 19.4 Å². The molecule has 0 saturated heterocycles. The predicted octanol–water partition coefficient (Wildman–Crippen LogP) is 0.243. The molecule has 6 heteroatoms. The monoisotopic (exact) mass is 240 g/mol. The van der Waals surface area contributed by atoms with E-state index in [-0.39, 0.29) is 18.8 Å². The van der Waals surface area contributed by atoms with Gasteiger partial charge in [-0.3, -0.25) is 0 Å². The van der Waals surface area contributed by atoms with Gasteiger partial charge in [-0.2, -0.15) is 0 Å². The summed E-state index contributed by atoms with van der Waals surface area (Å²) in [6.07, 6.45) is 0. The Morgan fingerprint density at radius 3 is 2.47 bits per heavy atom. The Bertz CT molecular complexity index is 416. The number of rotatable bonds is 5. The van der Waals surface area contributed by atoms with Crippen molar-refractivity contribution in [1.29, 1.82) is 0 Å². The van der Waals surface area contributed by atoms with Gasteiger partial charge in [0, 0.05) is 5.69 Å². The van der Waals surface area contributed by atoms with Gasteiger partial charge in [0.2, 0.25) is 0 Å². The Morgan fingerprint density at radius 2 is 2.00 bits per heavy atom. The van der Waals surface area contributed by atoms with Crippen LogP contribution in [-0.4, -0.2) is 45.0 Å². The first-order chi connectivity index (χ1) is 7.90. The largest absolute Gasteiger partial charge is 0.478 e. The molecule has 4 N–H and O–H groups in total. The summed E-state index contributed by atoms with van der Waals surface area (Å²) in [7, 11) is 0. The van der Waals surface area contributed by atoms with Gasteiger partial charge in [0.1, 0.15) is 5.82 Å². The van der Waals surface area contributed by atoms with Crippen LogP contribution < -0.4 is 5.32 Å². The topological polar surface area (TPSA) is 103 Å². The minimum absolute atomic E-state index is 0.109. The molecule has 1 heterocycles. The standard InChI is InChI=1S/C11H16N2O4/c1-7-3-8(10(16)17)4-9(12-7)13-11(2,5-14)6-15/h3-4,14-15H,5-6H2,1-2H3,(H,12,13)(H,16,17). The van der Waals surface area contributed by atoms with E-state index in [1.54, 1.807) is 13.8 Å². The summed E-state index contributed by atoms with van der Waals surface area (Å²) >= 11 is 0. The van der Waals surface area contributed by atoms with Gasteiger partial charge in [-0.15, -0.1) is 0 Å². The van der Waals surface area contributed by atoms with Crippen molar-refractivity contribution in [3.8, 4) is 0 Å². The number of anilines is 1. The molecular formula is C11H16N2O4. The molecule has 0 amide bonds. The van der Waals surface area contributed by atoms with Crippen LogP contribution in [0, 0.1) is 6.92 Å². The number of aromatic carboxylic acids is 1. The van der Waals surface area contributed by atoms with E-state index in [0.29, 0.717) is 11.5 Å². The SMILES string of the molecule is Cc1cc(C(=O)O)cc(NC(C)(CO)CO)n1. The summed E-state index contributed by atoms with van der Waals surface area (Å²) in [5, 5.41) is 30.0. The Hall–Kier alpha value is -1.66. The molecule has 0 spiro atoms. The molecule has 6 nitrogen and oxygen atoms in total. The highest BCUT2D eigenvalue weighted by Gasteiger charge is 2.23. The normalized spacial score (nSPS) is 11.3. The van der Waals surface area contributed by atoms with Crippen LogP contribution in [0.15, 0.2) is 12.1 Å². The second-order valence-electron chi connectivity index (χ2n) is 4.19. The maximum atomic E-state index is 10.9. The van der Waals surface area contributed by atoms with Gasteiger partial charge in [0.05, 0.1) is 24.3 Å². The minimum Gasteiger partial charge on any atom is -0.478 e. The van der Waals surface area contributed by atoms with Crippen LogP contribution >= 0.6 is 0 Å². The van der Waals surface area contributed by atoms with Gasteiger partial charge < -0.3 is 20.6 Å². The third kappa shape index (κ3) is 3.40. The van der Waals surface area contributed by atoms with E-state index < -0.39 is 11.5 Å². The maximum absolute atomic E-state index is 10.9. The smallest absolute Gasteiger partial charge is 0.335 e. The van der Waals surface area contributed by atoms with Crippen LogP contribution in [-0.2, 0) is 0 Å². The molecule has 0 unspecified atom stereocenters. The quantitative estimate of drug-likeness (QED) is 0.588. The number of aliphatic hydroxyl groups excluding tert-OH is 2. The lowest BCUT2D eigenvalue weighted by Gasteiger charge is -2.27. The van der Waals surface area contributed by atoms with Crippen LogP contribution in [0.4, 0.5) is 5.82 Å². The Labute approximate surface area is 98.9 Å². The Kier molecular flexibility index (Phi) is 4.03. The summed E-state index contributed by atoms with van der Waals surface area (Å²) in [6, 6.07) is 2.81. The molecule has 1 aromatic heterocycles. The molecule has 1 aromatic rings. The fraction of sp³-hybridized carbons (Fsp3) is 0.455. The number of hydrogen-bond donors (Lipinski definition) is 4.